The highest BCUT2D eigenvalue weighted by Gasteiger charge is 2.33. The summed E-state index contributed by atoms with van der Waals surface area (Å²) in [6.45, 7) is 0.796. The van der Waals surface area contributed by atoms with Crippen LogP contribution in [-0.4, -0.2) is 34.3 Å². The van der Waals surface area contributed by atoms with Gasteiger partial charge in [-0.1, -0.05) is 30.3 Å². The summed E-state index contributed by atoms with van der Waals surface area (Å²) in [7, 11) is 0. The van der Waals surface area contributed by atoms with E-state index in [4.69, 9.17) is 4.74 Å². The number of likely N-dealkylation sites (tertiary alicyclic amines) is 1. The Hall–Kier alpha value is -2.69. The van der Waals surface area contributed by atoms with E-state index in [-0.39, 0.29) is 18.5 Å². The smallest absolute Gasteiger partial charge is 0.329 e. The minimum Gasteiger partial charge on any atom is -0.459 e. The average molecular weight is 324 g/mol. The Kier molecular flexibility index (Phi) is 5.21. The molecule has 2 aromatic rings. The standard InChI is InChI=1S/C19H20N2O3/c22-18(16-9-6-11-20-13-16)21-12-5-4-10-17(21)19(23)24-14-15-7-2-1-3-8-15/h1-3,6-9,11,13,17H,4-5,10,12,14H2. The van der Waals surface area contributed by atoms with Crippen molar-refractivity contribution in [3.8, 4) is 0 Å². The second-order valence-electron chi connectivity index (χ2n) is 5.85. The van der Waals surface area contributed by atoms with E-state index in [1.807, 2.05) is 30.3 Å². The van der Waals surface area contributed by atoms with Crippen LogP contribution >= 0.6 is 0 Å². The number of hydrogen-bond donors (Lipinski definition) is 0. The van der Waals surface area contributed by atoms with Crippen molar-refractivity contribution in [3.63, 3.8) is 0 Å². The van der Waals surface area contributed by atoms with Crippen LogP contribution in [0, 0.1) is 0 Å². The van der Waals surface area contributed by atoms with Crippen LogP contribution in [0.15, 0.2) is 54.9 Å². The molecule has 0 bridgehead atoms. The van der Waals surface area contributed by atoms with Crippen LogP contribution in [0.25, 0.3) is 0 Å². The maximum absolute atomic E-state index is 12.7. The summed E-state index contributed by atoms with van der Waals surface area (Å²) in [5, 5.41) is 0. The first-order chi connectivity index (χ1) is 11.8. The highest BCUT2D eigenvalue weighted by molar-refractivity contribution is 5.96. The van der Waals surface area contributed by atoms with Gasteiger partial charge in [-0.05, 0) is 37.0 Å². The molecule has 0 aliphatic carbocycles. The molecule has 1 amide bonds. The van der Waals surface area contributed by atoms with Crippen LogP contribution in [0.3, 0.4) is 0 Å². The number of rotatable bonds is 4. The number of amides is 1. The van der Waals surface area contributed by atoms with Crippen LogP contribution in [0.1, 0.15) is 35.2 Å². The van der Waals surface area contributed by atoms with Crippen LogP contribution < -0.4 is 0 Å². The predicted molar refractivity (Wildman–Crippen MR) is 89.2 cm³/mol. The molecule has 5 heteroatoms. The van der Waals surface area contributed by atoms with Crippen LogP contribution in [0.5, 0.6) is 0 Å². The van der Waals surface area contributed by atoms with Crippen LogP contribution in [-0.2, 0) is 16.1 Å². The van der Waals surface area contributed by atoms with Gasteiger partial charge in [-0.2, -0.15) is 0 Å². The molecule has 1 aliphatic rings. The number of pyridine rings is 1. The lowest BCUT2D eigenvalue weighted by atomic mass is 10.0. The molecule has 0 radical (unpaired) electrons. The first kappa shape index (κ1) is 16.2. The lowest BCUT2D eigenvalue weighted by Crippen LogP contribution is -2.48. The number of esters is 1. The molecule has 3 rings (SSSR count). The average Bonchev–Trinajstić information content (AvgIpc) is 2.67. The monoisotopic (exact) mass is 324 g/mol. The van der Waals surface area contributed by atoms with Crippen molar-refractivity contribution in [1.29, 1.82) is 0 Å². The Labute approximate surface area is 141 Å². The Morgan fingerprint density at radius 2 is 1.96 bits per heavy atom. The molecular weight excluding hydrogens is 304 g/mol. The van der Waals surface area contributed by atoms with Gasteiger partial charge in [0.25, 0.3) is 5.91 Å². The van der Waals surface area contributed by atoms with Crippen molar-refractivity contribution in [2.24, 2.45) is 0 Å². The number of nitrogens with zero attached hydrogens (tertiary/aromatic N) is 2. The number of aromatic nitrogens is 1. The number of carbonyl (C=O) groups excluding carboxylic acids is 2. The van der Waals surface area contributed by atoms with Gasteiger partial charge in [0.1, 0.15) is 12.6 Å². The molecule has 1 atom stereocenters. The van der Waals surface area contributed by atoms with Gasteiger partial charge in [0.05, 0.1) is 5.56 Å². The van der Waals surface area contributed by atoms with Gasteiger partial charge in [-0.3, -0.25) is 9.78 Å². The van der Waals surface area contributed by atoms with E-state index in [9.17, 15) is 9.59 Å². The van der Waals surface area contributed by atoms with E-state index < -0.39 is 6.04 Å². The van der Waals surface area contributed by atoms with E-state index in [0.29, 0.717) is 18.5 Å². The first-order valence-electron chi connectivity index (χ1n) is 8.17. The van der Waals surface area contributed by atoms with Gasteiger partial charge in [-0.15, -0.1) is 0 Å². The molecule has 1 aromatic heterocycles. The fourth-order valence-corrected chi connectivity index (χ4v) is 2.90. The highest BCUT2D eigenvalue weighted by atomic mass is 16.5. The molecule has 1 aromatic carbocycles. The molecule has 1 fully saturated rings. The van der Waals surface area contributed by atoms with Crippen molar-refractivity contribution in [3.05, 3.63) is 66.0 Å². The van der Waals surface area contributed by atoms with Gasteiger partial charge < -0.3 is 9.64 Å². The van der Waals surface area contributed by atoms with Crippen LogP contribution in [0.4, 0.5) is 0 Å². The maximum Gasteiger partial charge on any atom is 0.329 e. The molecule has 5 nitrogen and oxygen atoms in total. The van der Waals surface area contributed by atoms with Gasteiger partial charge in [0.15, 0.2) is 0 Å². The number of carbonyl (C=O) groups is 2. The largest absolute Gasteiger partial charge is 0.459 e. The quantitative estimate of drug-likeness (QED) is 0.812. The molecule has 1 aliphatic heterocycles. The number of ether oxygens (including phenoxy) is 1. The summed E-state index contributed by atoms with van der Waals surface area (Å²) < 4.78 is 5.44. The Morgan fingerprint density at radius 1 is 1.12 bits per heavy atom. The van der Waals surface area contributed by atoms with Crippen molar-refractivity contribution >= 4 is 11.9 Å². The van der Waals surface area contributed by atoms with E-state index in [1.54, 1.807) is 23.2 Å². The first-order valence-corrected chi connectivity index (χ1v) is 8.17. The molecule has 2 heterocycles. The lowest BCUT2D eigenvalue weighted by molar-refractivity contribution is -0.151. The molecule has 1 saturated heterocycles. The zero-order valence-electron chi connectivity index (χ0n) is 13.4. The molecule has 1 unspecified atom stereocenters. The third-order valence-electron chi connectivity index (χ3n) is 4.17. The SMILES string of the molecule is O=C(OCc1ccccc1)C1CCCCN1C(=O)c1cccnc1. The Morgan fingerprint density at radius 3 is 2.71 bits per heavy atom. The lowest BCUT2D eigenvalue weighted by Gasteiger charge is -2.34. The number of benzene rings is 1. The molecule has 0 spiro atoms. The molecule has 124 valence electrons. The molecular formula is C19H20N2O3. The van der Waals surface area contributed by atoms with Crippen molar-refractivity contribution in [2.45, 2.75) is 31.9 Å². The van der Waals surface area contributed by atoms with Gasteiger partial charge >= 0.3 is 5.97 Å². The highest BCUT2D eigenvalue weighted by Crippen LogP contribution is 2.21. The summed E-state index contributed by atoms with van der Waals surface area (Å²) in [6, 6.07) is 12.5. The van der Waals surface area contributed by atoms with Crippen molar-refractivity contribution < 1.29 is 14.3 Å². The van der Waals surface area contributed by atoms with Gasteiger partial charge in [0, 0.05) is 18.9 Å². The minimum absolute atomic E-state index is 0.163. The summed E-state index contributed by atoms with van der Waals surface area (Å²) >= 11 is 0. The summed E-state index contributed by atoms with van der Waals surface area (Å²) in [5.74, 6) is -0.500. The fraction of sp³-hybridized carbons (Fsp3) is 0.316. The zero-order valence-corrected chi connectivity index (χ0v) is 13.4. The van der Waals surface area contributed by atoms with Crippen molar-refractivity contribution in [2.75, 3.05) is 6.54 Å². The molecule has 0 N–H and O–H groups in total. The Balaban J connectivity index is 1.67. The minimum atomic E-state index is -0.518. The third-order valence-corrected chi connectivity index (χ3v) is 4.17. The summed E-state index contributed by atoms with van der Waals surface area (Å²) in [4.78, 5) is 30.8. The van der Waals surface area contributed by atoms with Gasteiger partial charge in [-0.25, -0.2) is 4.79 Å². The van der Waals surface area contributed by atoms with E-state index >= 15 is 0 Å². The fourth-order valence-electron chi connectivity index (χ4n) is 2.90. The number of hydrogen-bond acceptors (Lipinski definition) is 4. The summed E-state index contributed by atoms with van der Waals surface area (Å²) in [6.07, 6.45) is 5.61. The second-order valence-corrected chi connectivity index (χ2v) is 5.85. The third kappa shape index (κ3) is 3.79. The molecule has 0 saturated carbocycles. The van der Waals surface area contributed by atoms with E-state index in [2.05, 4.69) is 4.98 Å². The van der Waals surface area contributed by atoms with Gasteiger partial charge in [0.2, 0.25) is 0 Å². The van der Waals surface area contributed by atoms with Crippen molar-refractivity contribution in [1.82, 2.24) is 9.88 Å². The normalized spacial score (nSPS) is 17.3. The topological polar surface area (TPSA) is 59.5 Å². The second kappa shape index (κ2) is 7.73. The summed E-state index contributed by atoms with van der Waals surface area (Å²) in [5.41, 5.74) is 1.44. The van der Waals surface area contributed by atoms with Crippen LogP contribution in [0.2, 0.25) is 0 Å². The number of piperidine rings is 1. The zero-order chi connectivity index (χ0) is 16.8. The molecule has 24 heavy (non-hydrogen) atoms. The predicted octanol–water partition coefficient (Wildman–Crippen LogP) is 2.82. The Bertz CT molecular complexity index is 688. The van der Waals surface area contributed by atoms with E-state index in [0.717, 1.165) is 18.4 Å². The maximum atomic E-state index is 12.7. The van der Waals surface area contributed by atoms with E-state index in [1.165, 1.54) is 6.20 Å².